The van der Waals surface area contributed by atoms with Crippen molar-refractivity contribution in [2.24, 2.45) is 10.8 Å². The maximum Gasteiger partial charge on any atom is 0.433 e. The van der Waals surface area contributed by atoms with Gasteiger partial charge in [0.05, 0.1) is 17.8 Å². The van der Waals surface area contributed by atoms with Crippen LogP contribution in [0, 0.1) is 10.1 Å². The zero-order valence-corrected chi connectivity index (χ0v) is 12.0. The minimum Gasteiger partial charge on any atom is -0.400 e. The van der Waals surface area contributed by atoms with Gasteiger partial charge in [0.2, 0.25) is 0 Å². The van der Waals surface area contributed by atoms with Crippen LogP contribution in [0.2, 0.25) is 0 Å². The Hall–Kier alpha value is -1.93. The quantitative estimate of drug-likeness (QED) is 0.469. The molecule has 1 amide bonds. The van der Waals surface area contributed by atoms with E-state index in [4.69, 9.17) is 10.2 Å². The monoisotopic (exact) mass is 304 g/mol. The Morgan fingerprint density at radius 2 is 2.15 bits per heavy atom. The lowest BCUT2D eigenvalue weighted by Crippen LogP contribution is -2.51. The fourth-order valence-corrected chi connectivity index (χ4v) is 1.35. The first kappa shape index (κ1) is 18.1. The van der Waals surface area contributed by atoms with Crippen LogP contribution in [0.25, 0.3) is 0 Å². The van der Waals surface area contributed by atoms with Gasteiger partial charge in [0, 0.05) is 0 Å². The van der Waals surface area contributed by atoms with Crippen LogP contribution in [0.4, 0.5) is 5.88 Å². The predicted octanol–water partition coefficient (Wildman–Crippen LogP) is 1.58. The van der Waals surface area contributed by atoms with Crippen LogP contribution in [0.15, 0.2) is 21.7 Å². The third-order valence-electron chi connectivity index (χ3n) is 2.86. The average Bonchev–Trinajstić information content (AvgIpc) is 2.86. The molecule has 0 aromatic carbocycles. The molecule has 0 atom stereocenters. The molecule has 0 saturated carbocycles. The number of nitrogens with zero attached hydrogens (tertiary/aromatic N) is 2. The van der Waals surface area contributed by atoms with Crippen LogP contribution in [-0.4, -0.2) is 22.6 Å². The Bertz CT molecular complexity index is 496. The number of nitro groups is 1. The Morgan fingerprint density at radius 1 is 1.55 bits per heavy atom. The van der Waals surface area contributed by atoms with Crippen molar-refractivity contribution in [2.45, 2.75) is 32.2 Å². The molecule has 0 spiro atoms. The van der Waals surface area contributed by atoms with Gasteiger partial charge in [-0.15, -0.1) is 12.4 Å². The molecule has 9 heteroatoms. The number of carbonyl (C=O) groups is 1. The first-order valence-electron chi connectivity index (χ1n) is 5.79. The number of carbonyl (C=O) groups excluding carboxylic acids is 1. The topological polar surface area (TPSA) is 124 Å². The molecule has 112 valence electrons. The Morgan fingerprint density at radius 3 is 2.60 bits per heavy atom. The second kappa shape index (κ2) is 7.61. The van der Waals surface area contributed by atoms with Gasteiger partial charge in [0.15, 0.2) is 5.76 Å². The molecule has 20 heavy (non-hydrogen) atoms. The number of rotatable bonds is 6. The van der Waals surface area contributed by atoms with Gasteiger partial charge in [-0.3, -0.25) is 14.9 Å². The fourth-order valence-electron chi connectivity index (χ4n) is 1.35. The van der Waals surface area contributed by atoms with Crippen LogP contribution in [0.3, 0.4) is 0 Å². The molecular weight excluding hydrogens is 288 g/mol. The van der Waals surface area contributed by atoms with Gasteiger partial charge in [-0.05, 0) is 18.9 Å². The lowest BCUT2D eigenvalue weighted by Gasteiger charge is -2.23. The molecule has 0 fully saturated rings. The van der Waals surface area contributed by atoms with Crippen LogP contribution < -0.4 is 11.2 Å². The van der Waals surface area contributed by atoms with E-state index in [1.54, 1.807) is 0 Å². The third kappa shape index (κ3) is 4.32. The highest BCUT2D eigenvalue weighted by molar-refractivity contribution is 5.87. The second-order valence-electron chi connectivity index (χ2n) is 4.00. The van der Waals surface area contributed by atoms with Crippen LogP contribution >= 0.6 is 12.4 Å². The number of halogens is 1. The smallest absolute Gasteiger partial charge is 0.400 e. The molecule has 3 N–H and O–H groups in total. The van der Waals surface area contributed by atoms with Gasteiger partial charge >= 0.3 is 5.88 Å². The number of hydrogen-bond donors (Lipinski definition) is 2. The largest absolute Gasteiger partial charge is 0.433 e. The molecule has 0 bridgehead atoms. The van der Waals surface area contributed by atoms with Gasteiger partial charge < -0.3 is 10.2 Å². The summed E-state index contributed by atoms with van der Waals surface area (Å²) in [6, 6.07) is 2.58. The summed E-state index contributed by atoms with van der Waals surface area (Å²) in [5, 5.41) is 14.0. The summed E-state index contributed by atoms with van der Waals surface area (Å²) in [5.41, 5.74) is 7.19. The lowest BCUT2D eigenvalue weighted by atomic mass is 9.94. The molecule has 1 heterocycles. The van der Waals surface area contributed by atoms with Crippen molar-refractivity contribution in [2.75, 3.05) is 0 Å². The van der Waals surface area contributed by atoms with Gasteiger partial charge in [-0.25, -0.2) is 5.43 Å². The molecule has 1 rings (SSSR count). The number of hydrazone groups is 1. The Kier molecular flexibility index (Phi) is 6.87. The van der Waals surface area contributed by atoms with Crippen LogP contribution in [-0.2, 0) is 4.79 Å². The van der Waals surface area contributed by atoms with Crippen molar-refractivity contribution in [1.29, 1.82) is 0 Å². The van der Waals surface area contributed by atoms with E-state index < -0.39 is 16.4 Å². The maximum atomic E-state index is 11.7. The van der Waals surface area contributed by atoms with Crippen molar-refractivity contribution < 1.29 is 14.1 Å². The van der Waals surface area contributed by atoms with E-state index in [0.717, 1.165) is 0 Å². The summed E-state index contributed by atoms with van der Waals surface area (Å²) in [7, 11) is 0. The molecular formula is C11H17ClN4O4. The minimum atomic E-state index is -0.966. The molecule has 8 nitrogen and oxygen atoms in total. The van der Waals surface area contributed by atoms with E-state index in [2.05, 4.69) is 10.5 Å². The van der Waals surface area contributed by atoms with E-state index >= 15 is 0 Å². The second-order valence-corrected chi connectivity index (χ2v) is 4.00. The van der Waals surface area contributed by atoms with E-state index in [1.165, 1.54) is 18.3 Å². The van der Waals surface area contributed by atoms with Gasteiger partial charge in [0.1, 0.15) is 4.92 Å². The van der Waals surface area contributed by atoms with E-state index in [9.17, 15) is 14.9 Å². The minimum absolute atomic E-state index is 0. The molecule has 0 radical (unpaired) electrons. The molecule has 0 aliphatic rings. The number of furan rings is 1. The molecule has 1 aromatic heterocycles. The lowest BCUT2D eigenvalue weighted by molar-refractivity contribution is -0.402. The maximum absolute atomic E-state index is 11.7. The van der Waals surface area contributed by atoms with E-state index in [1.807, 2.05) is 13.8 Å². The summed E-state index contributed by atoms with van der Waals surface area (Å²) in [6.45, 7) is 3.62. The summed E-state index contributed by atoms with van der Waals surface area (Å²) in [5.74, 6) is -0.625. The molecule has 0 aliphatic carbocycles. The average molecular weight is 305 g/mol. The van der Waals surface area contributed by atoms with Crippen molar-refractivity contribution in [1.82, 2.24) is 5.43 Å². The first-order valence-corrected chi connectivity index (χ1v) is 5.79. The highest BCUT2D eigenvalue weighted by Crippen LogP contribution is 2.14. The Labute approximate surface area is 122 Å². The van der Waals surface area contributed by atoms with Crippen molar-refractivity contribution in [3.63, 3.8) is 0 Å². The zero-order valence-electron chi connectivity index (χ0n) is 11.2. The number of hydrogen-bond acceptors (Lipinski definition) is 6. The van der Waals surface area contributed by atoms with Crippen LogP contribution in [0.5, 0.6) is 0 Å². The van der Waals surface area contributed by atoms with Crippen molar-refractivity contribution in [3.05, 3.63) is 28.0 Å². The summed E-state index contributed by atoms with van der Waals surface area (Å²) in [4.78, 5) is 21.5. The van der Waals surface area contributed by atoms with Crippen molar-refractivity contribution >= 4 is 30.4 Å². The molecule has 0 saturated heterocycles. The highest BCUT2D eigenvalue weighted by atomic mass is 35.5. The fraction of sp³-hybridized carbons (Fsp3) is 0.455. The first-order chi connectivity index (χ1) is 8.92. The van der Waals surface area contributed by atoms with Gasteiger partial charge in [-0.2, -0.15) is 5.10 Å². The van der Waals surface area contributed by atoms with Crippen LogP contribution in [0.1, 0.15) is 32.4 Å². The molecule has 0 aliphatic heterocycles. The van der Waals surface area contributed by atoms with E-state index in [0.29, 0.717) is 12.8 Å². The SMILES string of the molecule is CCC(N)(CC)C(=O)N/N=C/c1ccc([N+](=O)[O-])o1.Cl. The van der Waals surface area contributed by atoms with Crippen molar-refractivity contribution in [3.8, 4) is 0 Å². The highest BCUT2D eigenvalue weighted by Gasteiger charge is 2.29. The molecule has 0 unspecified atom stereocenters. The third-order valence-corrected chi connectivity index (χ3v) is 2.86. The predicted molar refractivity (Wildman–Crippen MR) is 75.8 cm³/mol. The van der Waals surface area contributed by atoms with Gasteiger partial charge in [0.25, 0.3) is 5.91 Å². The number of nitrogens with two attached hydrogens (primary N) is 1. The van der Waals surface area contributed by atoms with Gasteiger partial charge in [-0.1, -0.05) is 13.8 Å². The standard InChI is InChI=1S/C11H16N4O4.ClH/c1-3-11(12,4-2)10(16)14-13-7-8-5-6-9(19-8)15(17)18;/h5-7H,3-4,12H2,1-2H3,(H,14,16);1H/b13-7+;. The number of nitrogens with one attached hydrogen (secondary N) is 1. The normalized spacial score (nSPS) is 11.2. The summed E-state index contributed by atoms with van der Waals surface area (Å²) in [6.07, 6.45) is 2.14. The zero-order chi connectivity index (χ0) is 14.5. The molecule has 1 aromatic rings. The Balaban J connectivity index is 0.00000361. The number of amides is 1. The summed E-state index contributed by atoms with van der Waals surface area (Å²) < 4.78 is 4.83. The van der Waals surface area contributed by atoms with E-state index in [-0.39, 0.29) is 24.1 Å². The summed E-state index contributed by atoms with van der Waals surface area (Å²) >= 11 is 0.